The van der Waals surface area contributed by atoms with Crippen molar-refractivity contribution < 1.29 is 21.1 Å². The Hall–Kier alpha value is -1.04. The summed E-state index contributed by atoms with van der Waals surface area (Å²) in [5.41, 5.74) is 0.0755. The Bertz CT molecular complexity index is 463. The number of alkyl halides is 2. The molecule has 0 aliphatic rings. The highest BCUT2D eigenvalue weighted by Gasteiger charge is 2.23. The molecular formula is C10H11F3O2S. The molecule has 0 saturated heterocycles. The van der Waals surface area contributed by atoms with Gasteiger partial charge in [0.05, 0.1) is 0 Å². The average molecular weight is 252 g/mol. The van der Waals surface area contributed by atoms with Gasteiger partial charge in [0.1, 0.15) is 4.90 Å². The minimum atomic E-state index is -4.85. The zero-order valence-electron chi connectivity index (χ0n) is 8.58. The summed E-state index contributed by atoms with van der Waals surface area (Å²) in [7, 11) is -4.85. The molecule has 1 aromatic rings. The lowest BCUT2D eigenvalue weighted by molar-refractivity contribution is 0.0131. The Kier molecular flexibility index (Phi) is 3.62. The monoisotopic (exact) mass is 252 g/mol. The average Bonchev–Trinajstić information content (AvgIpc) is 2.12. The van der Waals surface area contributed by atoms with Gasteiger partial charge in [-0.05, 0) is 25.0 Å². The van der Waals surface area contributed by atoms with E-state index in [9.17, 15) is 21.1 Å². The predicted octanol–water partition coefficient (Wildman–Crippen LogP) is 2.93. The normalized spacial score (nSPS) is 12.8. The van der Waals surface area contributed by atoms with Gasteiger partial charge in [0, 0.05) is 6.42 Å². The van der Waals surface area contributed by atoms with Crippen LogP contribution in [0.4, 0.5) is 12.7 Å². The second kappa shape index (κ2) is 4.45. The molecule has 0 radical (unpaired) electrons. The maximum Gasteiger partial charge on any atom is 0.332 e. The van der Waals surface area contributed by atoms with Crippen molar-refractivity contribution in [3.8, 4) is 0 Å². The molecule has 0 spiro atoms. The van der Waals surface area contributed by atoms with Gasteiger partial charge in [-0.25, -0.2) is 8.78 Å². The van der Waals surface area contributed by atoms with Crippen LogP contribution in [0.2, 0.25) is 0 Å². The van der Waals surface area contributed by atoms with Crippen molar-refractivity contribution in [2.75, 3.05) is 0 Å². The first-order valence-corrected chi connectivity index (χ1v) is 5.99. The van der Waals surface area contributed by atoms with Gasteiger partial charge in [-0.2, -0.15) is 8.42 Å². The highest BCUT2D eigenvalue weighted by molar-refractivity contribution is 7.86. The fraction of sp³-hybridized carbons (Fsp3) is 0.400. The zero-order chi connectivity index (χ0) is 12.4. The van der Waals surface area contributed by atoms with Gasteiger partial charge in [0.25, 0.3) is 0 Å². The fourth-order valence-electron chi connectivity index (χ4n) is 1.30. The summed E-state index contributed by atoms with van der Waals surface area (Å²) >= 11 is 0. The first-order valence-electron chi connectivity index (χ1n) is 4.60. The van der Waals surface area contributed by atoms with Crippen LogP contribution in [0, 0.1) is 0 Å². The smallest absolute Gasteiger partial charge is 0.207 e. The van der Waals surface area contributed by atoms with Crippen molar-refractivity contribution >= 4 is 10.2 Å². The SMILES string of the molecule is CC(F)(F)CCc1ccccc1S(=O)(=O)F. The lowest BCUT2D eigenvalue weighted by Gasteiger charge is -2.11. The molecule has 16 heavy (non-hydrogen) atoms. The molecule has 2 nitrogen and oxygen atoms in total. The second-order valence-corrected chi connectivity index (χ2v) is 4.93. The molecule has 1 rings (SSSR count). The summed E-state index contributed by atoms with van der Waals surface area (Å²) in [6.45, 7) is 0.736. The fourth-order valence-corrected chi connectivity index (χ4v) is 2.03. The number of halogens is 3. The molecule has 0 atom stereocenters. The lowest BCUT2D eigenvalue weighted by atomic mass is 10.1. The number of hydrogen-bond donors (Lipinski definition) is 0. The van der Waals surface area contributed by atoms with Crippen LogP contribution in [0.3, 0.4) is 0 Å². The molecule has 0 aromatic heterocycles. The maximum absolute atomic E-state index is 12.8. The quantitative estimate of drug-likeness (QED) is 0.772. The van der Waals surface area contributed by atoms with E-state index in [0.29, 0.717) is 0 Å². The Labute approximate surface area is 92.3 Å². The summed E-state index contributed by atoms with van der Waals surface area (Å²) < 4.78 is 59.4. The summed E-state index contributed by atoms with van der Waals surface area (Å²) in [6.07, 6.45) is -0.692. The van der Waals surface area contributed by atoms with E-state index in [1.54, 1.807) is 0 Å². The van der Waals surface area contributed by atoms with Gasteiger partial charge in [-0.15, -0.1) is 3.89 Å². The molecule has 6 heteroatoms. The number of aryl methyl sites for hydroxylation is 1. The summed E-state index contributed by atoms with van der Waals surface area (Å²) in [5, 5.41) is 0. The van der Waals surface area contributed by atoms with Crippen LogP contribution >= 0.6 is 0 Å². The van der Waals surface area contributed by atoms with Crippen molar-refractivity contribution in [1.82, 2.24) is 0 Å². The molecule has 1 aromatic carbocycles. The largest absolute Gasteiger partial charge is 0.332 e. The van der Waals surface area contributed by atoms with Crippen molar-refractivity contribution in [2.24, 2.45) is 0 Å². The Morgan fingerprint density at radius 3 is 2.31 bits per heavy atom. The van der Waals surface area contributed by atoms with Crippen molar-refractivity contribution in [3.05, 3.63) is 29.8 Å². The van der Waals surface area contributed by atoms with E-state index >= 15 is 0 Å². The molecule has 0 N–H and O–H groups in total. The van der Waals surface area contributed by atoms with Crippen LogP contribution in [-0.4, -0.2) is 14.3 Å². The maximum atomic E-state index is 12.8. The van der Waals surface area contributed by atoms with Gasteiger partial charge in [-0.1, -0.05) is 18.2 Å². The number of benzene rings is 1. The van der Waals surface area contributed by atoms with Crippen molar-refractivity contribution in [1.29, 1.82) is 0 Å². The van der Waals surface area contributed by atoms with Gasteiger partial charge in [-0.3, -0.25) is 0 Å². The van der Waals surface area contributed by atoms with Gasteiger partial charge < -0.3 is 0 Å². The van der Waals surface area contributed by atoms with Crippen molar-refractivity contribution in [2.45, 2.75) is 30.6 Å². The summed E-state index contributed by atoms with van der Waals surface area (Å²) in [5.74, 6) is -2.90. The molecule has 0 fully saturated rings. The molecule has 0 heterocycles. The van der Waals surface area contributed by atoms with Crippen LogP contribution in [-0.2, 0) is 16.6 Å². The van der Waals surface area contributed by atoms with Crippen LogP contribution in [0.5, 0.6) is 0 Å². The number of rotatable bonds is 4. The molecular weight excluding hydrogens is 241 g/mol. The first kappa shape index (κ1) is 13.0. The zero-order valence-corrected chi connectivity index (χ0v) is 9.40. The molecule has 0 unspecified atom stereocenters. The highest BCUT2D eigenvalue weighted by Crippen LogP contribution is 2.24. The standard InChI is InChI=1S/C10H11F3O2S/c1-10(11,12)7-6-8-4-2-3-5-9(8)16(13,14)15/h2-5H,6-7H2,1H3. The van der Waals surface area contributed by atoms with Gasteiger partial charge in [0.15, 0.2) is 0 Å². The van der Waals surface area contributed by atoms with E-state index in [1.807, 2.05) is 0 Å². The molecule has 0 aliphatic heterocycles. The minimum Gasteiger partial charge on any atom is -0.207 e. The van der Waals surface area contributed by atoms with Gasteiger partial charge in [0.2, 0.25) is 5.92 Å². The van der Waals surface area contributed by atoms with E-state index in [2.05, 4.69) is 0 Å². The molecule has 0 saturated carbocycles. The Balaban J connectivity index is 2.97. The molecule has 0 aliphatic carbocycles. The van der Waals surface area contributed by atoms with E-state index < -0.39 is 27.5 Å². The van der Waals surface area contributed by atoms with Crippen LogP contribution in [0.25, 0.3) is 0 Å². The molecule has 0 bridgehead atoms. The number of hydrogen-bond acceptors (Lipinski definition) is 2. The van der Waals surface area contributed by atoms with Crippen LogP contribution in [0.1, 0.15) is 18.9 Å². The third-order valence-electron chi connectivity index (χ3n) is 2.07. The molecule has 90 valence electrons. The Morgan fingerprint density at radius 1 is 1.25 bits per heavy atom. The lowest BCUT2D eigenvalue weighted by Crippen LogP contribution is -2.11. The second-order valence-electron chi connectivity index (χ2n) is 3.62. The third-order valence-corrected chi connectivity index (χ3v) is 2.99. The van der Waals surface area contributed by atoms with Gasteiger partial charge >= 0.3 is 10.2 Å². The van der Waals surface area contributed by atoms with E-state index in [0.717, 1.165) is 13.0 Å². The predicted molar refractivity (Wildman–Crippen MR) is 53.7 cm³/mol. The summed E-state index contributed by atoms with van der Waals surface area (Å²) in [4.78, 5) is -0.528. The first-order chi connectivity index (χ1) is 7.20. The highest BCUT2D eigenvalue weighted by atomic mass is 32.3. The minimum absolute atomic E-state index is 0.0755. The van der Waals surface area contributed by atoms with Crippen LogP contribution < -0.4 is 0 Å². The van der Waals surface area contributed by atoms with E-state index in [-0.39, 0.29) is 12.0 Å². The topological polar surface area (TPSA) is 34.1 Å². The van der Waals surface area contributed by atoms with E-state index in [4.69, 9.17) is 0 Å². The van der Waals surface area contributed by atoms with Crippen molar-refractivity contribution in [3.63, 3.8) is 0 Å². The summed E-state index contributed by atoms with van der Waals surface area (Å²) in [6, 6.07) is 5.23. The molecule has 0 amide bonds. The Morgan fingerprint density at radius 2 is 1.81 bits per heavy atom. The van der Waals surface area contributed by atoms with E-state index in [1.165, 1.54) is 18.2 Å². The third kappa shape index (κ3) is 3.84. The van der Waals surface area contributed by atoms with Crippen LogP contribution in [0.15, 0.2) is 29.2 Å².